The van der Waals surface area contributed by atoms with E-state index in [1.54, 1.807) is 0 Å². The van der Waals surface area contributed by atoms with Crippen molar-refractivity contribution in [3.05, 3.63) is 41.1 Å². The number of hydrazine groups is 1. The summed E-state index contributed by atoms with van der Waals surface area (Å²) in [5.74, 6) is -1.10. The zero-order valence-corrected chi connectivity index (χ0v) is 14.8. The van der Waals surface area contributed by atoms with E-state index < -0.39 is 24.4 Å². The molecule has 7 nitrogen and oxygen atoms in total. The first kappa shape index (κ1) is 17.8. The third-order valence-corrected chi connectivity index (χ3v) is 4.42. The molecule has 0 saturated carbocycles. The number of hydrogen-bond donors (Lipinski definition) is 2. The highest BCUT2D eigenvalue weighted by atomic mass is 16.5. The SMILES string of the molecule is CC(=O)NNC(=O)COC(=O)c1c2c(nc3ccccc13)CC[C@H](C)C2. The molecule has 3 rings (SSSR count). The van der Waals surface area contributed by atoms with E-state index in [1.807, 2.05) is 24.3 Å². The standard InChI is InChI=1S/C19H21N3O4/c1-11-7-8-16-14(9-11)18(13-5-3-4-6-15(13)20-16)19(25)26-10-17(24)22-21-12(2)23/h3-6,11H,7-10H2,1-2H3,(H,21,23)(H,22,24)/t11-/m0/s1. The smallest absolute Gasteiger partial charge is 0.339 e. The van der Waals surface area contributed by atoms with Gasteiger partial charge in [0.1, 0.15) is 0 Å². The van der Waals surface area contributed by atoms with Gasteiger partial charge in [0.05, 0.1) is 11.1 Å². The zero-order valence-electron chi connectivity index (χ0n) is 14.8. The van der Waals surface area contributed by atoms with E-state index in [9.17, 15) is 14.4 Å². The Morgan fingerprint density at radius 3 is 2.77 bits per heavy atom. The maximum Gasteiger partial charge on any atom is 0.339 e. The summed E-state index contributed by atoms with van der Waals surface area (Å²) in [6.07, 6.45) is 2.62. The fourth-order valence-corrected chi connectivity index (χ4v) is 3.19. The second-order valence-electron chi connectivity index (χ2n) is 6.58. The van der Waals surface area contributed by atoms with Crippen molar-refractivity contribution in [2.45, 2.75) is 33.1 Å². The predicted octanol–water partition coefficient (Wildman–Crippen LogP) is 1.68. The van der Waals surface area contributed by atoms with Crippen LogP contribution in [0.25, 0.3) is 10.9 Å². The minimum absolute atomic E-state index is 0.409. The maximum atomic E-state index is 12.8. The molecule has 2 aromatic rings. The van der Waals surface area contributed by atoms with Gasteiger partial charge in [-0.15, -0.1) is 0 Å². The third-order valence-electron chi connectivity index (χ3n) is 4.42. The lowest BCUT2D eigenvalue weighted by molar-refractivity contribution is -0.129. The van der Waals surface area contributed by atoms with Crippen LogP contribution < -0.4 is 10.9 Å². The fourth-order valence-electron chi connectivity index (χ4n) is 3.19. The molecule has 0 fully saturated rings. The molecule has 0 bridgehead atoms. The minimum Gasteiger partial charge on any atom is -0.452 e. The normalized spacial score (nSPS) is 15.8. The molecule has 1 heterocycles. The van der Waals surface area contributed by atoms with Gasteiger partial charge in [0.25, 0.3) is 5.91 Å². The van der Waals surface area contributed by atoms with Crippen molar-refractivity contribution >= 4 is 28.7 Å². The number of rotatable bonds is 3. The van der Waals surface area contributed by atoms with Crippen LogP contribution in [0.4, 0.5) is 0 Å². The number of pyridine rings is 1. The zero-order chi connectivity index (χ0) is 18.7. The van der Waals surface area contributed by atoms with Crippen LogP contribution in [-0.2, 0) is 27.2 Å². The first-order valence-electron chi connectivity index (χ1n) is 8.58. The topological polar surface area (TPSA) is 97.4 Å². The van der Waals surface area contributed by atoms with E-state index in [4.69, 9.17) is 9.72 Å². The van der Waals surface area contributed by atoms with Gasteiger partial charge in [0, 0.05) is 18.0 Å². The Morgan fingerprint density at radius 1 is 1.23 bits per heavy atom. The van der Waals surface area contributed by atoms with Crippen molar-refractivity contribution in [2.75, 3.05) is 6.61 Å². The van der Waals surface area contributed by atoms with Gasteiger partial charge < -0.3 is 4.74 Å². The average molecular weight is 355 g/mol. The molecule has 1 aromatic heterocycles. The molecule has 0 spiro atoms. The van der Waals surface area contributed by atoms with Crippen molar-refractivity contribution in [3.8, 4) is 0 Å². The lowest BCUT2D eigenvalue weighted by Gasteiger charge is -2.24. The number of amides is 2. The number of carbonyl (C=O) groups excluding carboxylic acids is 3. The number of aryl methyl sites for hydroxylation is 1. The van der Waals surface area contributed by atoms with Gasteiger partial charge >= 0.3 is 5.97 Å². The van der Waals surface area contributed by atoms with Crippen molar-refractivity contribution < 1.29 is 19.1 Å². The van der Waals surface area contributed by atoms with E-state index in [0.29, 0.717) is 11.5 Å². The van der Waals surface area contributed by atoms with Gasteiger partial charge in [-0.05, 0) is 36.8 Å². The number of carbonyl (C=O) groups is 3. The van der Waals surface area contributed by atoms with Crippen LogP contribution in [0, 0.1) is 5.92 Å². The van der Waals surface area contributed by atoms with Crippen molar-refractivity contribution in [1.82, 2.24) is 15.8 Å². The highest BCUT2D eigenvalue weighted by molar-refractivity contribution is 6.05. The Bertz CT molecular complexity index is 878. The van der Waals surface area contributed by atoms with Gasteiger partial charge in [-0.1, -0.05) is 25.1 Å². The molecule has 0 aliphatic heterocycles. The lowest BCUT2D eigenvalue weighted by atomic mass is 9.84. The first-order chi connectivity index (χ1) is 12.5. The molecule has 7 heteroatoms. The van der Waals surface area contributed by atoms with Gasteiger partial charge in [0.2, 0.25) is 5.91 Å². The molecular weight excluding hydrogens is 334 g/mol. The Kier molecular flexibility index (Phi) is 5.16. The molecule has 0 unspecified atom stereocenters. The number of benzene rings is 1. The van der Waals surface area contributed by atoms with Gasteiger partial charge in [0.15, 0.2) is 6.61 Å². The predicted molar refractivity (Wildman–Crippen MR) is 95.2 cm³/mol. The number of nitrogens with one attached hydrogen (secondary N) is 2. The molecule has 1 atom stereocenters. The molecule has 2 N–H and O–H groups in total. The molecule has 1 aliphatic rings. The Hall–Kier alpha value is -2.96. The maximum absolute atomic E-state index is 12.8. The van der Waals surface area contributed by atoms with Crippen molar-refractivity contribution in [2.24, 2.45) is 5.92 Å². The van der Waals surface area contributed by atoms with Crippen LogP contribution in [0.5, 0.6) is 0 Å². The number of fused-ring (bicyclic) bond motifs is 2. The van der Waals surface area contributed by atoms with Crippen LogP contribution in [0.2, 0.25) is 0 Å². The van der Waals surface area contributed by atoms with Crippen LogP contribution in [-0.4, -0.2) is 29.4 Å². The summed E-state index contributed by atoms with van der Waals surface area (Å²) in [5.41, 5.74) is 7.40. The summed E-state index contributed by atoms with van der Waals surface area (Å²) in [6, 6.07) is 7.44. The summed E-state index contributed by atoms with van der Waals surface area (Å²) >= 11 is 0. The van der Waals surface area contributed by atoms with Crippen molar-refractivity contribution in [1.29, 1.82) is 0 Å². The number of hydrogen-bond acceptors (Lipinski definition) is 5. The van der Waals surface area contributed by atoms with Gasteiger partial charge in [-0.2, -0.15) is 0 Å². The summed E-state index contributed by atoms with van der Waals surface area (Å²) in [7, 11) is 0. The second-order valence-corrected chi connectivity index (χ2v) is 6.58. The number of esters is 1. The molecule has 26 heavy (non-hydrogen) atoms. The number of para-hydroxylation sites is 1. The van der Waals surface area contributed by atoms with Crippen molar-refractivity contribution in [3.63, 3.8) is 0 Å². The highest BCUT2D eigenvalue weighted by Crippen LogP contribution is 2.31. The minimum atomic E-state index is -0.603. The fraction of sp³-hybridized carbons (Fsp3) is 0.368. The molecule has 1 aromatic carbocycles. The number of aromatic nitrogens is 1. The summed E-state index contributed by atoms with van der Waals surface area (Å²) < 4.78 is 5.20. The summed E-state index contributed by atoms with van der Waals surface area (Å²) in [5, 5.41) is 0.729. The molecule has 0 radical (unpaired) electrons. The lowest BCUT2D eigenvalue weighted by Crippen LogP contribution is -2.42. The largest absolute Gasteiger partial charge is 0.452 e. The molecule has 0 saturated heterocycles. The van der Waals surface area contributed by atoms with Crippen LogP contribution >= 0.6 is 0 Å². The third kappa shape index (κ3) is 3.82. The second kappa shape index (κ2) is 7.51. The average Bonchev–Trinajstić information content (AvgIpc) is 2.62. The van der Waals surface area contributed by atoms with Gasteiger partial charge in [-0.25, -0.2) is 4.79 Å². The molecular formula is C19H21N3O4. The van der Waals surface area contributed by atoms with Crippen LogP contribution in [0.3, 0.4) is 0 Å². The van der Waals surface area contributed by atoms with Crippen LogP contribution in [0.1, 0.15) is 41.9 Å². The van der Waals surface area contributed by atoms with E-state index in [-0.39, 0.29) is 0 Å². The highest BCUT2D eigenvalue weighted by Gasteiger charge is 2.26. The summed E-state index contributed by atoms with van der Waals surface area (Å²) in [4.78, 5) is 39.9. The first-order valence-corrected chi connectivity index (χ1v) is 8.58. The quantitative estimate of drug-likeness (QED) is 0.645. The van der Waals surface area contributed by atoms with Crippen LogP contribution in [0.15, 0.2) is 24.3 Å². The van der Waals surface area contributed by atoms with E-state index in [1.165, 1.54) is 6.92 Å². The van der Waals surface area contributed by atoms with E-state index in [0.717, 1.165) is 41.4 Å². The van der Waals surface area contributed by atoms with E-state index in [2.05, 4.69) is 17.8 Å². The molecule has 136 valence electrons. The number of nitrogens with zero attached hydrogens (tertiary/aromatic N) is 1. The number of ether oxygens (including phenoxy) is 1. The Balaban J connectivity index is 1.88. The van der Waals surface area contributed by atoms with E-state index >= 15 is 0 Å². The monoisotopic (exact) mass is 355 g/mol. The van der Waals surface area contributed by atoms with Gasteiger partial charge in [-0.3, -0.25) is 25.4 Å². The molecule has 1 aliphatic carbocycles. The Labute approximate surface area is 151 Å². The molecule has 2 amide bonds. The summed E-state index contributed by atoms with van der Waals surface area (Å²) in [6.45, 7) is 2.94. The Morgan fingerprint density at radius 2 is 2.00 bits per heavy atom.